The molecule has 0 aromatic rings. The lowest BCUT2D eigenvalue weighted by atomic mass is 9.78. The Kier molecular flexibility index (Phi) is 5.48. The minimum absolute atomic E-state index is 0.0282. The first-order valence-electron chi connectivity index (χ1n) is 10.5. The maximum atomic E-state index is 12.6. The van der Waals surface area contributed by atoms with Gasteiger partial charge in [0.2, 0.25) is 0 Å². The molecule has 0 aromatic carbocycles. The quantitative estimate of drug-likeness (QED) is 0.203. The molecule has 0 bridgehead atoms. The average molecular weight is 446 g/mol. The van der Waals surface area contributed by atoms with E-state index in [4.69, 9.17) is 23.7 Å². The largest absolute Gasteiger partial charge is 0.461 e. The predicted molar refractivity (Wildman–Crippen MR) is 108 cm³/mol. The van der Waals surface area contributed by atoms with E-state index in [0.717, 1.165) is 5.57 Å². The second-order valence-corrected chi connectivity index (χ2v) is 8.82. The first-order chi connectivity index (χ1) is 15.0. The van der Waals surface area contributed by atoms with Gasteiger partial charge < -0.3 is 23.7 Å². The van der Waals surface area contributed by atoms with Crippen molar-refractivity contribution in [3.05, 3.63) is 36.5 Å². The van der Waals surface area contributed by atoms with Crippen LogP contribution in [0.2, 0.25) is 0 Å². The van der Waals surface area contributed by atoms with Crippen molar-refractivity contribution in [3.8, 4) is 0 Å². The minimum Gasteiger partial charge on any atom is -0.461 e. The molecule has 2 aliphatic heterocycles. The molecule has 4 aliphatic rings. The monoisotopic (exact) mass is 446 g/mol. The van der Waals surface area contributed by atoms with E-state index in [1.54, 1.807) is 0 Å². The fourth-order valence-corrected chi connectivity index (χ4v) is 5.33. The summed E-state index contributed by atoms with van der Waals surface area (Å²) >= 11 is 0. The molecule has 2 saturated carbocycles. The smallest absolute Gasteiger partial charge is 0.337 e. The number of fused-ring (bicyclic) bond motifs is 4. The van der Waals surface area contributed by atoms with Gasteiger partial charge in [-0.05, 0) is 12.3 Å². The van der Waals surface area contributed by atoms with Gasteiger partial charge in [0.15, 0.2) is 0 Å². The van der Waals surface area contributed by atoms with Crippen LogP contribution >= 0.6 is 0 Å². The van der Waals surface area contributed by atoms with Gasteiger partial charge >= 0.3 is 23.9 Å². The number of carbonyl (C=O) groups is 4. The molecule has 4 fully saturated rings. The lowest BCUT2D eigenvalue weighted by molar-refractivity contribution is -0.155. The van der Waals surface area contributed by atoms with Gasteiger partial charge in [0.05, 0.1) is 18.1 Å². The summed E-state index contributed by atoms with van der Waals surface area (Å²) < 4.78 is 27.6. The van der Waals surface area contributed by atoms with Gasteiger partial charge in [-0.2, -0.15) is 0 Å². The highest BCUT2D eigenvalue weighted by Crippen LogP contribution is 2.61. The zero-order valence-corrected chi connectivity index (χ0v) is 18.1. The van der Waals surface area contributed by atoms with Crippen molar-refractivity contribution in [1.29, 1.82) is 0 Å². The maximum Gasteiger partial charge on any atom is 0.337 e. The third-order valence-electron chi connectivity index (χ3n) is 6.80. The van der Waals surface area contributed by atoms with Crippen LogP contribution in [0.1, 0.15) is 26.7 Å². The average Bonchev–Trinajstić information content (AvgIpc) is 3.38. The molecular formula is C23H26O9. The number of epoxide rings is 1. The first-order valence-corrected chi connectivity index (χ1v) is 10.5. The summed E-state index contributed by atoms with van der Waals surface area (Å²) in [7, 11) is 0. The van der Waals surface area contributed by atoms with Gasteiger partial charge in [0.1, 0.15) is 30.5 Å². The zero-order chi connectivity index (χ0) is 23.4. The highest BCUT2D eigenvalue weighted by Gasteiger charge is 2.72. The second-order valence-electron chi connectivity index (χ2n) is 8.82. The normalized spacial score (nSPS) is 37.1. The van der Waals surface area contributed by atoms with E-state index in [1.807, 2.05) is 0 Å². The van der Waals surface area contributed by atoms with E-state index in [9.17, 15) is 19.2 Å². The van der Waals surface area contributed by atoms with Crippen LogP contribution in [0, 0.1) is 17.8 Å². The van der Waals surface area contributed by atoms with E-state index < -0.39 is 53.7 Å². The number of esters is 4. The summed E-state index contributed by atoms with van der Waals surface area (Å²) in [6.45, 7) is 14.4. The lowest BCUT2D eigenvalue weighted by Gasteiger charge is -2.30. The molecule has 2 saturated heterocycles. The zero-order valence-electron chi connectivity index (χ0n) is 18.1. The number of ether oxygens (including phenoxy) is 5. The van der Waals surface area contributed by atoms with Crippen molar-refractivity contribution in [2.45, 2.75) is 50.6 Å². The van der Waals surface area contributed by atoms with Crippen LogP contribution in [-0.4, -0.2) is 61.0 Å². The molecule has 0 N–H and O–H groups in total. The molecule has 9 heteroatoms. The topological polar surface area (TPSA) is 118 Å². The Bertz CT molecular complexity index is 928. The van der Waals surface area contributed by atoms with Crippen molar-refractivity contribution < 1.29 is 42.9 Å². The van der Waals surface area contributed by atoms with Crippen LogP contribution in [0.3, 0.4) is 0 Å². The van der Waals surface area contributed by atoms with Crippen LogP contribution < -0.4 is 0 Å². The van der Waals surface area contributed by atoms with Gasteiger partial charge in [0.25, 0.3) is 0 Å². The summed E-state index contributed by atoms with van der Waals surface area (Å²) in [5.41, 5.74) is 0.213. The molecule has 172 valence electrons. The summed E-state index contributed by atoms with van der Waals surface area (Å²) in [5, 5.41) is 0. The Hall–Kier alpha value is -2.94. The van der Waals surface area contributed by atoms with Gasteiger partial charge in [-0.25, -0.2) is 9.59 Å². The molecule has 9 nitrogen and oxygen atoms in total. The van der Waals surface area contributed by atoms with E-state index in [1.165, 1.54) is 13.8 Å². The lowest BCUT2D eigenvalue weighted by Crippen LogP contribution is -2.44. The Morgan fingerprint density at radius 2 is 1.84 bits per heavy atom. The molecule has 2 heterocycles. The van der Waals surface area contributed by atoms with Gasteiger partial charge in [-0.1, -0.05) is 25.3 Å². The van der Waals surface area contributed by atoms with Crippen LogP contribution in [0.15, 0.2) is 36.5 Å². The van der Waals surface area contributed by atoms with Crippen molar-refractivity contribution >= 4 is 23.9 Å². The highest BCUT2D eigenvalue weighted by atomic mass is 16.6. The number of rotatable bonds is 5. The molecule has 7 unspecified atom stereocenters. The van der Waals surface area contributed by atoms with Gasteiger partial charge in [0, 0.05) is 31.8 Å². The second kappa shape index (κ2) is 7.88. The fourth-order valence-electron chi connectivity index (χ4n) is 5.33. The van der Waals surface area contributed by atoms with Crippen LogP contribution in [0.4, 0.5) is 0 Å². The Labute approximate surface area is 185 Å². The molecule has 0 radical (unpaired) electrons. The minimum atomic E-state index is -0.762. The van der Waals surface area contributed by atoms with E-state index in [2.05, 4.69) is 19.7 Å². The molecule has 32 heavy (non-hydrogen) atoms. The number of hydrogen-bond donors (Lipinski definition) is 0. The molecular weight excluding hydrogens is 420 g/mol. The SMILES string of the molecule is C=C(COC(C)=O)C(=O)OC1CC(=C)C2CC(OC(C)=O)C3(CO3)C2C2OC(=O)C(=C)C12. The molecule has 7 atom stereocenters. The van der Waals surface area contributed by atoms with Gasteiger partial charge in [-0.15, -0.1) is 0 Å². The Morgan fingerprint density at radius 1 is 1.16 bits per heavy atom. The Morgan fingerprint density at radius 3 is 2.44 bits per heavy atom. The van der Waals surface area contributed by atoms with Crippen LogP contribution in [-0.2, 0) is 42.9 Å². The molecule has 0 aromatic heterocycles. The molecule has 2 aliphatic carbocycles. The third kappa shape index (κ3) is 3.64. The van der Waals surface area contributed by atoms with E-state index >= 15 is 0 Å². The van der Waals surface area contributed by atoms with Crippen molar-refractivity contribution in [3.63, 3.8) is 0 Å². The Balaban J connectivity index is 1.60. The highest BCUT2D eigenvalue weighted by molar-refractivity contribution is 5.92. The van der Waals surface area contributed by atoms with Crippen molar-refractivity contribution in [2.24, 2.45) is 17.8 Å². The standard InChI is InChI=1S/C23H26O9/c1-10-6-16(31-21(26)11(2)8-28-13(4)24)18-12(3)22(27)32-20(18)19-15(10)7-17(30-14(5)25)23(19)9-29-23/h15-20H,1-3,6-9H2,4-5H3. The van der Waals surface area contributed by atoms with E-state index in [-0.39, 0.29) is 36.0 Å². The van der Waals surface area contributed by atoms with Gasteiger partial charge in [-0.3, -0.25) is 9.59 Å². The third-order valence-corrected chi connectivity index (χ3v) is 6.80. The van der Waals surface area contributed by atoms with Crippen molar-refractivity contribution in [2.75, 3.05) is 13.2 Å². The molecule has 4 rings (SSSR count). The first kappa shape index (κ1) is 22.3. The van der Waals surface area contributed by atoms with E-state index in [0.29, 0.717) is 13.0 Å². The maximum absolute atomic E-state index is 12.6. The summed E-state index contributed by atoms with van der Waals surface area (Å²) in [6.07, 6.45) is -1.14. The molecule has 0 amide bonds. The number of carbonyl (C=O) groups excluding carboxylic acids is 4. The predicted octanol–water partition coefficient (Wildman–Crippen LogP) is 1.41. The molecule has 1 spiro atoms. The fraction of sp³-hybridized carbons (Fsp3) is 0.565. The summed E-state index contributed by atoms with van der Waals surface area (Å²) in [4.78, 5) is 47.7. The van der Waals surface area contributed by atoms with Crippen molar-refractivity contribution in [1.82, 2.24) is 0 Å². The van der Waals surface area contributed by atoms with Crippen LogP contribution in [0.5, 0.6) is 0 Å². The van der Waals surface area contributed by atoms with Crippen LogP contribution in [0.25, 0.3) is 0 Å². The summed E-state index contributed by atoms with van der Waals surface area (Å²) in [5.74, 6) is -3.32. The summed E-state index contributed by atoms with van der Waals surface area (Å²) in [6, 6.07) is 0. The number of hydrogen-bond acceptors (Lipinski definition) is 9.